The zero-order valence-corrected chi connectivity index (χ0v) is 18.3. The Bertz CT molecular complexity index is 969. The van der Waals surface area contributed by atoms with E-state index in [1.807, 2.05) is 67.6 Å². The number of nitrogens with zero attached hydrogens (tertiary/aromatic N) is 1. The highest BCUT2D eigenvalue weighted by Crippen LogP contribution is 2.17. The molecule has 1 N–H and O–H groups in total. The Hall–Kier alpha value is -3.40. The lowest BCUT2D eigenvalue weighted by atomic mass is 10.0. The number of carbonyl (C=O) groups is 2. The highest BCUT2D eigenvalue weighted by Gasteiger charge is 2.29. The van der Waals surface area contributed by atoms with Crippen LogP contribution < -0.4 is 5.32 Å². The van der Waals surface area contributed by atoms with Crippen molar-refractivity contribution in [3.63, 3.8) is 0 Å². The van der Waals surface area contributed by atoms with Gasteiger partial charge in [0, 0.05) is 26.4 Å². The van der Waals surface area contributed by atoms with Crippen molar-refractivity contribution in [2.24, 2.45) is 0 Å². The summed E-state index contributed by atoms with van der Waals surface area (Å²) in [6, 6.07) is 27.4. The summed E-state index contributed by atoms with van der Waals surface area (Å²) in [7, 11) is 1.62. The lowest BCUT2D eigenvalue weighted by molar-refractivity contribution is -0.141. The molecule has 160 valence electrons. The number of aryl methyl sites for hydroxylation is 2. The van der Waals surface area contributed by atoms with Crippen LogP contribution in [-0.2, 0) is 29.0 Å². The summed E-state index contributed by atoms with van der Waals surface area (Å²) in [4.78, 5) is 28.0. The van der Waals surface area contributed by atoms with Crippen LogP contribution in [0.4, 0.5) is 0 Å². The van der Waals surface area contributed by atoms with Crippen LogP contribution in [0.25, 0.3) is 0 Å². The van der Waals surface area contributed by atoms with Crippen molar-refractivity contribution in [3.8, 4) is 0 Å². The van der Waals surface area contributed by atoms with Crippen molar-refractivity contribution in [2.45, 2.75) is 38.8 Å². The van der Waals surface area contributed by atoms with Crippen molar-refractivity contribution >= 4 is 11.8 Å². The molecule has 0 radical (unpaired) electrons. The highest BCUT2D eigenvalue weighted by atomic mass is 16.2. The van der Waals surface area contributed by atoms with Gasteiger partial charge in [0.05, 0.1) is 0 Å². The van der Waals surface area contributed by atoms with Crippen molar-refractivity contribution in [3.05, 3.63) is 107 Å². The van der Waals surface area contributed by atoms with Crippen molar-refractivity contribution in [1.82, 2.24) is 10.2 Å². The molecule has 0 unspecified atom stereocenters. The summed E-state index contributed by atoms with van der Waals surface area (Å²) in [6.07, 6.45) is 1.48. The minimum absolute atomic E-state index is 0.0195. The third kappa shape index (κ3) is 6.54. The molecule has 3 aromatic carbocycles. The third-order valence-electron chi connectivity index (χ3n) is 5.46. The highest BCUT2D eigenvalue weighted by molar-refractivity contribution is 5.88. The molecule has 0 fully saturated rings. The van der Waals surface area contributed by atoms with Gasteiger partial charge < -0.3 is 10.2 Å². The van der Waals surface area contributed by atoms with E-state index < -0.39 is 6.04 Å². The topological polar surface area (TPSA) is 49.4 Å². The van der Waals surface area contributed by atoms with Gasteiger partial charge in [0.25, 0.3) is 0 Å². The Morgan fingerprint density at radius 3 is 1.97 bits per heavy atom. The number of hydrogen-bond acceptors (Lipinski definition) is 2. The molecule has 1 atom stereocenters. The van der Waals surface area contributed by atoms with Crippen LogP contribution >= 0.6 is 0 Å². The van der Waals surface area contributed by atoms with Gasteiger partial charge in [-0.15, -0.1) is 0 Å². The third-order valence-corrected chi connectivity index (χ3v) is 5.46. The maximum absolute atomic E-state index is 13.4. The van der Waals surface area contributed by atoms with Gasteiger partial charge in [-0.25, -0.2) is 0 Å². The fourth-order valence-electron chi connectivity index (χ4n) is 3.65. The van der Waals surface area contributed by atoms with E-state index in [1.165, 1.54) is 5.56 Å². The normalized spacial score (nSPS) is 11.5. The maximum Gasteiger partial charge on any atom is 0.242 e. The predicted molar refractivity (Wildman–Crippen MR) is 124 cm³/mol. The first kappa shape index (κ1) is 22.3. The Morgan fingerprint density at radius 1 is 0.806 bits per heavy atom. The Morgan fingerprint density at radius 2 is 1.39 bits per heavy atom. The van der Waals surface area contributed by atoms with E-state index in [2.05, 4.69) is 29.6 Å². The predicted octanol–water partition coefficient (Wildman–Crippen LogP) is 4.31. The van der Waals surface area contributed by atoms with E-state index in [1.54, 1.807) is 11.9 Å². The SMILES string of the molecule is CNC(=O)[C@H](Cc1ccccc1)N(Cc1ccccc1)C(=O)CCc1ccc(C)cc1. The van der Waals surface area contributed by atoms with E-state index in [-0.39, 0.29) is 11.8 Å². The summed E-state index contributed by atoms with van der Waals surface area (Å²) < 4.78 is 0. The number of likely N-dealkylation sites (N-methyl/N-ethyl adjacent to an activating group) is 1. The van der Waals surface area contributed by atoms with Crippen LogP contribution in [0.2, 0.25) is 0 Å². The number of nitrogens with one attached hydrogen (secondary N) is 1. The van der Waals surface area contributed by atoms with Crippen molar-refractivity contribution < 1.29 is 9.59 Å². The second-order valence-corrected chi connectivity index (χ2v) is 7.81. The van der Waals surface area contributed by atoms with E-state index in [4.69, 9.17) is 0 Å². The second kappa shape index (κ2) is 11.1. The molecular weight excluding hydrogens is 384 g/mol. The average Bonchev–Trinajstić information content (AvgIpc) is 2.81. The van der Waals surface area contributed by atoms with E-state index in [0.29, 0.717) is 25.8 Å². The molecule has 3 rings (SSSR count). The Labute approximate surface area is 184 Å². The van der Waals surface area contributed by atoms with Gasteiger partial charge in [-0.2, -0.15) is 0 Å². The van der Waals surface area contributed by atoms with Crippen LogP contribution in [0.5, 0.6) is 0 Å². The van der Waals surface area contributed by atoms with Crippen LogP contribution in [0.15, 0.2) is 84.9 Å². The molecule has 0 aliphatic rings. The molecule has 0 spiro atoms. The van der Waals surface area contributed by atoms with E-state index >= 15 is 0 Å². The largest absolute Gasteiger partial charge is 0.357 e. The molecule has 3 aromatic rings. The molecule has 4 heteroatoms. The average molecular weight is 415 g/mol. The first-order valence-electron chi connectivity index (χ1n) is 10.7. The van der Waals surface area contributed by atoms with Crippen LogP contribution in [0.1, 0.15) is 28.7 Å². The minimum Gasteiger partial charge on any atom is -0.357 e. The quantitative estimate of drug-likeness (QED) is 0.567. The summed E-state index contributed by atoms with van der Waals surface area (Å²) in [6.45, 7) is 2.45. The van der Waals surface area contributed by atoms with Crippen LogP contribution in [0, 0.1) is 6.92 Å². The summed E-state index contributed by atoms with van der Waals surface area (Å²) in [5, 5.41) is 2.75. The first-order valence-corrected chi connectivity index (χ1v) is 10.7. The zero-order valence-electron chi connectivity index (χ0n) is 18.3. The summed E-state index contributed by atoms with van der Waals surface area (Å²) in [5.41, 5.74) is 4.36. The fourth-order valence-corrected chi connectivity index (χ4v) is 3.65. The smallest absolute Gasteiger partial charge is 0.242 e. The van der Waals surface area contributed by atoms with E-state index in [0.717, 1.165) is 16.7 Å². The van der Waals surface area contributed by atoms with Gasteiger partial charge in [0.2, 0.25) is 11.8 Å². The van der Waals surface area contributed by atoms with Crippen molar-refractivity contribution in [1.29, 1.82) is 0 Å². The molecular formula is C27H30N2O2. The lowest BCUT2D eigenvalue weighted by Gasteiger charge is -2.31. The zero-order chi connectivity index (χ0) is 22.1. The number of benzene rings is 3. The molecule has 0 aromatic heterocycles. The van der Waals surface area contributed by atoms with Gasteiger partial charge in [-0.05, 0) is 30.0 Å². The van der Waals surface area contributed by atoms with E-state index in [9.17, 15) is 9.59 Å². The van der Waals surface area contributed by atoms with Gasteiger partial charge in [0.1, 0.15) is 6.04 Å². The molecule has 2 amide bonds. The molecule has 0 aliphatic heterocycles. The number of rotatable bonds is 9. The standard InChI is InChI=1S/C27H30N2O2/c1-21-13-15-22(16-14-21)17-18-26(30)29(20-24-11-7-4-8-12-24)25(27(31)28-2)19-23-9-5-3-6-10-23/h3-16,25H,17-20H2,1-2H3,(H,28,31)/t25-/m0/s1. The molecule has 0 saturated heterocycles. The van der Waals surface area contributed by atoms with Gasteiger partial charge in [0.15, 0.2) is 0 Å². The Kier molecular flexibility index (Phi) is 7.99. The summed E-state index contributed by atoms with van der Waals surface area (Å²) in [5.74, 6) is -0.169. The molecule has 0 bridgehead atoms. The molecule has 0 heterocycles. The molecule has 31 heavy (non-hydrogen) atoms. The monoisotopic (exact) mass is 414 g/mol. The Balaban J connectivity index is 1.83. The lowest BCUT2D eigenvalue weighted by Crippen LogP contribution is -2.49. The second-order valence-electron chi connectivity index (χ2n) is 7.81. The molecule has 0 aliphatic carbocycles. The van der Waals surface area contributed by atoms with Gasteiger partial charge in [-0.1, -0.05) is 90.5 Å². The maximum atomic E-state index is 13.4. The number of amides is 2. The fraction of sp³-hybridized carbons (Fsp3) is 0.259. The first-order chi connectivity index (χ1) is 15.1. The van der Waals surface area contributed by atoms with Crippen molar-refractivity contribution in [2.75, 3.05) is 7.05 Å². The van der Waals surface area contributed by atoms with Gasteiger partial charge >= 0.3 is 0 Å². The molecule has 0 saturated carbocycles. The van der Waals surface area contributed by atoms with Crippen LogP contribution in [-0.4, -0.2) is 29.8 Å². The minimum atomic E-state index is -0.571. The number of carbonyl (C=O) groups excluding carboxylic acids is 2. The van der Waals surface area contributed by atoms with Gasteiger partial charge in [-0.3, -0.25) is 9.59 Å². The number of hydrogen-bond donors (Lipinski definition) is 1. The summed E-state index contributed by atoms with van der Waals surface area (Å²) >= 11 is 0. The van der Waals surface area contributed by atoms with Crippen LogP contribution in [0.3, 0.4) is 0 Å². The molecule has 4 nitrogen and oxygen atoms in total.